The van der Waals surface area contributed by atoms with E-state index >= 15 is 0 Å². The third kappa shape index (κ3) is 3.13. The summed E-state index contributed by atoms with van der Waals surface area (Å²) in [5.74, 6) is 1.42. The molecule has 0 aliphatic carbocycles. The summed E-state index contributed by atoms with van der Waals surface area (Å²) in [5, 5.41) is 2.01. The topological polar surface area (TPSA) is 51.0 Å². The summed E-state index contributed by atoms with van der Waals surface area (Å²) >= 11 is 1.62. The summed E-state index contributed by atoms with van der Waals surface area (Å²) in [6, 6.07) is 11.4. The fourth-order valence-electron chi connectivity index (χ4n) is 1.64. The Kier molecular flexibility index (Phi) is 3.89. The predicted octanol–water partition coefficient (Wildman–Crippen LogP) is 4.17. The van der Waals surface area contributed by atoms with E-state index in [-0.39, 0.29) is 6.17 Å². The molecule has 0 aliphatic heterocycles. The molecule has 0 bridgehead atoms. The van der Waals surface area contributed by atoms with Crippen LogP contribution >= 0.6 is 11.3 Å². The van der Waals surface area contributed by atoms with Gasteiger partial charge in [-0.05, 0) is 35.7 Å². The normalized spacial score (nSPS) is 13.4. The molecule has 0 spiro atoms. The van der Waals surface area contributed by atoms with Crippen molar-refractivity contribution < 1.29 is 8.83 Å². The van der Waals surface area contributed by atoms with Gasteiger partial charge in [0.1, 0.15) is 11.5 Å². The molecule has 0 saturated carbocycles. The molecule has 0 amide bonds. The van der Waals surface area contributed by atoms with E-state index in [1.807, 2.05) is 41.8 Å². The molecular weight excluding hydrogens is 272 g/mol. The molecule has 0 fully saturated rings. The zero-order valence-electron chi connectivity index (χ0n) is 10.5. The lowest BCUT2D eigenvalue weighted by Gasteiger charge is -2.03. The van der Waals surface area contributed by atoms with E-state index in [1.165, 1.54) is 0 Å². The van der Waals surface area contributed by atoms with Crippen molar-refractivity contribution >= 4 is 23.8 Å². The largest absolute Gasteiger partial charge is 0.463 e. The average molecular weight is 284 g/mol. The van der Waals surface area contributed by atoms with E-state index in [0.717, 1.165) is 4.88 Å². The highest BCUT2D eigenvalue weighted by Gasteiger charge is 2.08. The van der Waals surface area contributed by atoms with Crippen molar-refractivity contribution in [2.24, 2.45) is 9.98 Å². The maximum absolute atomic E-state index is 5.24. The van der Waals surface area contributed by atoms with Crippen molar-refractivity contribution in [3.05, 3.63) is 70.7 Å². The van der Waals surface area contributed by atoms with E-state index in [1.54, 1.807) is 36.3 Å². The molecule has 100 valence electrons. The van der Waals surface area contributed by atoms with Gasteiger partial charge >= 0.3 is 0 Å². The van der Waals surface area contributed by atoms with Crippen molar-refractivity contribution in [1.29, 1.82) is 0 Å². The molecule has 0 atom stereocenters. The van der Waals surface area contributed by atoms with Crippen LogP contribution in [0.4, 0.5) is 0 Å². The second-order valence-corrected chi connectivity index (χ2v) is 4.96. The number of aliphatic imine (C=N–C) groups is 2. The number of thiophene rings is 1. The van der Waals surface area contributed by atoms with Crippen LogP contribution in [0.1, 0.15) is 22.6 Å². The third-order valence-electron chi connectivity index (χ3n) is 2.57. The van der Waals surface area contributed by atoms with Gasteiger partial charge in [-0.2, -0.15) is 0 Å². The van der Waals surface area contributed by atoms with Crippen LogP contribution in [0, 0.1) is 0 Å². The van der Waals surface area contributed by atoms with Crippen molar-refractivity contribution in [1.82, 2.24) is 0 Å². The lowest BCUT2D eigenvalue weighted by Crippen LogP contribution is -1.91. The summed E-state index contributed by atoms with van der Waals surface area (Å²) in [7, 11) is 0. The van der Waals surface area contributed by atoms with E-state index < -0.39 is 0 Å². The third-order valence-corrected chi connectivity index (χ3v) is 3.48. The number of hydrogen-bond donors (Lipinski definition) is 0. The molecule has 4 nitrogen and oxygen atoms in total. The van der Waals surface area contributed by atoms with Gasteiger partial charge in [0.15, 0.2) is 6.17 Å². The number of hydrogen-bond acceptors (Lipinski definition) is 5. The van der Waals surface area contributed by atoms with Gasteiger partial charge in [0.25, 0.3) is 0 Å². The molecule has 0 unspecified atom stereocenters. The van der Waals surface area contributed by atoms with Gasteiger partial charge in [0, 0.05) is 0 Å². The van der Waals surface area contributed by atoms with E-state index in [9.17, 15) is 0 Å². The minimum absolute atomic E-state index is 0.287. The van der Waals surface area contributed by atoms with Gasteiger partial charge in [-0.1, -0.05) is 6.07 Å². The fraction of sp³-hybridized carbons (Fsp3) is 0.0667. The summed E-state index contributed by atoms with van der Waals surface area (Å²) in [6.45, 7) is 0. The number of nitrogens with zero attached hydrogens (tertiary/aromatic N) is 2. The van der Waals surface area contributed by atoms with Crippen LogP contribution in [0.5, 0.6) is 0 Å². The Morgan fingerprint density at radius 3 is 2.00 bits per heavy atom. The Hall–Kier alpha value is -2.40. The van der Waals surface area contributed by atoms with Gasteiger partial charge in [-0.25, -0.2) is 0 Å². The lowest BCUT2D eigenvalue weighted by atomic mass is 10.4. The second-order valence-electron chi connectivity index (χ2n) is 3.98. The minimum Gasteiger partial charge on any atom is -0.463 e. The Morgan fingerprint density at radius 2 is 1.55 bits per heavy atom. The molecule has 3 rings (SSSR count). The molecule has 3 aromatic rings. The predicted molar refractivity (Wildman–Crippen MR) is 79.7 cm³/mol. The first-order chi connectivity index (χ1) is 9.92. The molecule has 5 heteroatoms. The molecular formula is C15H12N2O2S. The molecule has 0 aromatic carbocycles. The summed E-state index contributed by atoms with van der Waals surface area (Å²) in [5.41, 5.74) is 0. The molecule has 0 N–H and O–H groups in total. The van der Waals surface area contributed by atoms with E-state index in [4.69, 9.17) is 8.83 Å². The number of rotatable bonds is 5. The van der Waals surface area contributed by atoms with E-state index in [2.05, 4.69) is 9.98 Å². The minimum atomic E-state index is -0.287. The average Bonchev–Trinajstić information content (AvgIpc) is 3.22. The van der Waals surface area contributed by atoms with Crippen LogP contribution in [0.15, 0.2) is 73.1 Å². The smallest absolute Gasteiger partial charge is 0.174 e. The van der Waals surface area contributed by atoms with Gasteiger partial charge < -0.3 is 8.83 Å². The Balaban J connectivity index is 1.81. The second kappa shape index (κ2) is 6.16. The zero-order valence-corrected chi connectivity index (χ0v) is 11.4. The molecule has 3 aromatic heterocycles. The van der Waals surface area contributed by atoms with Gasteiger partial charge in [0.2, 0.25) is 0 Å². The van der Waals surface area contributed by atoms with Gasteiger partial charge in [0.05, 0.1) is 29.8 Å². The highest BCUT2D eigenvalue weighted by atomic mass is 32.1. The van der Waals surface area contributed by atoms with Crippen molar-refractivity contribution in [2.45, 2.75) is 6.17 Å². The van der Waals surface area contributed by atoms with Crippen LogP contribution in [0.2, 0.25) is 0 Å². The van der Waals surface area contributed by atoms with Crippen molar-refractivity contribution in [3.63, 3.8) is 0 Å². The van der Waals surface area contributed by atoms with Crippen LogP contribution in [0.25, 0.3) is 0 Å². The zero-order chi connectivity index (χ0) is 13.6. The SMILES string of the molecule is C(=NC(N=Cc1ccco1)c1cccs1)c1ccco1. The maximum atomic E-state index is 5.24. The first kappa shape index (κ1) is 12.6. The first-order valence-corrected chi connectivity index (χ1v) is 6.96. The molecule has 0 radical (unpaired) electrons. The van der Waals surface area contributed by atoms with Crippen LogP contribution in [-0.2, 0) is 0 Å². The Bertz CT molecular complexity index is 623. The fourth-order valence-corrected chi connectivity index (χ4v) is 2.36. The highest BCUT2D eigenvalue weighted by molar-refractivity contribution is 7.10. The number of furan rings is 2. The lowest BCUT2D eigenvalue weighted by molar-refractivity contribution is 0.558. The summed E-state index contributed by atoms with van der Waals surface area (Å²) in [4.78, 5) is 9.99. The van der Waals surface area contributed by atoms with Crippen LogP contribution < -0.4 is 0 Å². The molecule has 20 heavy (non-hydrogen) atoms. The standard InChI is InChI=1S/C15H12N2O2S/c1-4-12(18-7-1)10-16-15(14-6-3-9-20-14)17-11-13-5-2-8-19-13/h1-11,15H. The molecule has 0 aliphatic rings. The van der Waals surface area contributed by atoms with Gasteiger partial charge in [-0.15, -0.1) is 11.3 Å². The highest BCUT2D eigenvalue weighted by Crippen LogP contribution is 2.23. The van der Waals surface area contributed by atoms with Crippen LogP contribution in [-0.4, -0.2) is 12.4 Å². The quantitative estimate of drug-likeness (QED) is 0.660. The molecule has 0 saturated heterocycles. The van der Waals surface area contributed by atoms with Crippen molar-refractivity contribution in [3.8, 4) is 0 Å². The maximum Gasteiger partial charge on any atom is 0.174 e. The van der Waals surface area contributed by atoms with Gasteiger partial charge in [-0.3, -0.25) is 9.98 Å². The summed E-state index contributed by atoms with van der Waals surface area (Å²) in [6.07, 6.45) is 6.32. The molecule has 3 heterocycles. The first-order valence-electron chi connectivity index (χ1n) is 6.08. The van der Waals surface area contributed by atoms with Crippen LogP contribution in [0.3, 0.4) is 0 Å². The Morgan fingerprint density at radius 1 is 0.900 bits per heavy atom. The monoisotopic (exact) mass is 284 g/mol. The Labute approximate surface area is 120 Å². The summed E-state index contributed by atoms with van der Waals surface area (Å²) < 4.78 is 10.5. The van der Waals surface area contributed by atoms with E-state index in [0.29, 0.717) is 11.5 Å². The van der Waals surface area contributed by atoms with Crippen molar-refractivity contribution in [2.75, 3.05) is 0 Å².